The van der Waals surface area contributed by atoms with Crippen LogP contribution in [0.5, 0.6) is 0 Å². The Morgan fingerprint density at radius 2 is 1.54 bits per heavy atom. The normalized spacial score (nSPS) is 15.5. The van der Waals surface area contributed by atoms with E-state index in [-0.39, 0.29) is 0 Å². The van der Waals surface area contributed by atoms with Crippen LogP contribution in [0.4, 0.5) is 0 Å². The SMILES string of the molecule is O=P(C(=S)NCCCN1CCOCC1)(c1ccccc1)c1ccccc1. The minimum absolute atomic E-state index is 0.442. The molecule has 0 saturated carbocycles. The third-order valence-electron chi connectivity index (χ3n) is 4.56. The molecule has 3 rings (SSSR count). The van der Waals surface area contributed by atoms with Crippen molar-refractivity contribution < 1.29 is 9.30 Å². The molecule has 2 aromatic rings. The van der Waals surface area contributed by atoms with Gasteiger partial charge in [-0.15, -0.1) is 0 Å². The number of nitrogens with zero attached hydrogens (tertiary/aromatic N) is 1. The maximum absolute atomic E-state index is 14.0. The Kier molecular flexibility index (Phi) is 6.98. The molecule has 1 fully saturated rings. The Bertz CT molecular complexity index is 705. The van der Waals surface area contributed by atoms with Crippen LogP contribution in [-0.4, -0.2) is 49.0 Å². The van der Waals surface area contributed by atoms with Gasteiger partial charge in [0, 0.05) is 30.2 Å². The molecular formula is C20H25N2O2PS. The number of benzene rings is 2. The predicted molar refractivity (Wildman–Crippen MR) is 112 cm³/mol. The molecule has 0 unspecified atom stereocenters. The molecule has 1 heterocycles. The van der Waals surface area contributed by atoms with E-state index in [4.69, 9.17) is 17.0 Å². The standard InChI is InChI=1S/C20H25N2O2PS/c23-25(18-8-3-1-4-9-18,19-10-5-2-6-11-19)20(26)21-12-7-13-22-14-16-24-17-15-22/h1-6,8-11H,7,12-17H2,(H,21,26). The van der Waals surface area contributed by atoms with Gasteiger partial charge in [-0.25, -0.2) is 0 Å². The van der Waals surface area contributed by atoms with E-state index in [2.05, 4.69) is 10.2 Å². The second-order valence-corrected chi connectivity index (χ2v) is 9.73. The van der Waals surface area contributed by atoms with Gasteiger partial charge in [0.25, 0.3) is 0 Å². The number of morpholine rings is 1. The number of ether oxygens (including phenoxy) is 1. The van der Waals surface area contributed by atoms with Crippen molar-refractivity contribution in [1.29, 1.82) is 0 Å². The van der Waals surface area contributed by atoms with Crippen LogP contribution in [0.15, 0.2) is 60.7 Å². The van der Waals surface area contributed by atoms with Crippen LogP contribution >= 0.6 is 19.4 Å². The zero-order valence-corrected chi connectivity index (χ0v) is 16.6. The first-order chi connectivity index (χ1) is 12.7. The quantitative estimate of drug-likeness (QED) is 0.449. The molecule has 0 radical (unpaired) electrons. The van der Waals surface area contributed by atoms with Gasteiger partial charge in [-0.05, 0) is 13.0 Å². The summed E-state index contributed by atoms with van der Waals surface area (Å²) < 4.78 is 19.8. The van der Waals surface area contributed by atoms with Crippen LogP contribution in [-0.2, 0) is 9.30 Å². The summed E-state index contributed by atoms with van der Waals surface area (Å²) in [5.74, 6) is 0. The molecule has 1 N–H and O–H groups in total. The molecule has 0 bridgehead atoms. The molecule has 26 heavy (non-hydrogen) atoms. The average molecular weight is 388 g/mol. The number of hydrogen-bond donors (Lipinski definition) is 1. The summed E-state index contributed by atoms with van der Waals surface area (Å²) in [6, 6.07) is 19.1. The molecule has 0 aliphatic carbocycles. The summed E-state index contributed by atoms with van der Waals surface area (Å²) in [6.45, 7) is 5.31. The molecule has 1 saturated heterocycles. The van der Waals surface area contributed by atoms with E-state index >= 15 is 0 Å². The van der Waals surface area contributed by atoms with E-state index in [1.165, 1.54) is 0 Å². The van der Waals surface area contributed by atoms with Gasteiger partial charge < -0.3 is 14.6 Å². The Morgan fingerprint density at radius 3 is 2.08 bits per heavy atom. The van der Waals surface area contributed by atoms with Crippen molar-refractivity contribution in [1.82, 2.24) is 10.2 Å². The molecule has 0 amide bonds. The Labute approximate surface area is 160 Å². The van der Waals surface area contributed by atoms with E-state index in [0.717, 1.165) is 56.4 Å². The van der Waals surface area contributed by atoms with Gasteiger partial charge in [-0.3, -0.25) is 4.90 Å². The predicted octanol–water partition coefficient (Wildman–Crippen LogP) is 2.60. The lowest BCUT2D eigenvalue weighted by molar-refractivity contribution is 0.0376. The molecular weight excluding hydrogens is 363 g/mol. The molecule has 1 aliphatic heterocycles. The average Bonchev–Trinajstić information content (AvgIpc) is 2.72. The number of nitrogens with one attached hydrogen (secondary N) is 1. The van der Waals surface area contributed by atoms with Crippen LogP contribution in [0.1, 0.15) is 6.42 Å². The molecule has 0 atom stereocenters. The molecule has 1 aliphatic rings. The minimum Gasteiger partial charge on any atom is -0.379 e. The van der Waals surface area contributed by atoms with Crippen molar-refractivity contribution in [2.24, 2.45) is 0 Å². The largest absolute Gasteiger partial charge is 0.379 e. The monoisotopic (exact) mass is 388 g/mol. The first-order valence-electron chi connectivity index (χ1n) is 9.01. The summed E-state index contributed by atoms with van der Waals surface area (Å²) in [7, 11) is -3.00. The topological polar surface area (TPSA) is 41.6 Å². The highest BCUT2D eigenvalue weighted by atomic mass is 32.1. The summed E-state index contributed by atoms with van der Waals surface area (Å²) >= 11 is 5.61. The number of thiocarbonyl (C=S) groups is 1. The van der Waals surface area contributed by atoms with Gasteiger partial charge in [0.05, 0.1) is 13.2 Å². The van der Waals surface area contributed by atoms with Crippen molar-refractivity contribution in [2.75, 3.05) is 39.4 Å². The third kappa shape index (κ3) is 4.60. The second kappa shape index (κ2) is 9.43. The fraction of sp³-hybridized carbons (Fsp3) is 0.350. The lowest BCUT2D eigenvalue weighted by Crippen LogP contribution is -2.38. The summed E-state index contributed by atoms with van der Waals surface area (Å²) in [5.41, 5.74) is 0. The zero-order chi connectivity index (χ0) is 18.2. The Hall–Kier alpha value is -1.52. The zero-order valence-electron chi connectivity index (χ0n) is 14.8. The van der Waals surface area contributed by atoms with Gasteiger partial charge in [0.1, 0.15) is 4.73 Å². The molecule has 0 spiro atoms. The van der Waals surface area contributed by atoms with E-state index in [1.54, 1.807) is 0 Å². The van der Waals surface area contributed by atoms with Gasteiger partial charge in [-0.2, -0.15) is 0 Å². The molecule has 2 aromatic carbocycles. The van der Waals surface area contributed by atoms with E-state index in [9.17, 15) is 4.57 Å². The summed E-state index contributed by atoms with van der Waals surface area (Å²) in [4.78, 5) is 2.39. The maximum atomic E-state index is 14.0. The summed E-state index contributed by atoms with van der Waals surface area (Å²) in [5, 5.41) is 4.82. The van der Waals surface area contributed by atoms with Crippen LogP contribution in [0.25, 0.3) is 0 Å². The smallest absolute Gasteiger partial charge is 0.196 e. The fourth-order valence-electron chi connectivity index (χ4n) is 3.09. The van der Waals surface area contributed by atoms with Crippen LogP contribution < -0.4 is 15.9 Å². The fourth-order valence-corrected chi connectivity index (χ4v) is 6.11. The Balaban J connectivity index is 1.67. The molecule has 4 nitrogen and oxygen atoms in total. The van der Waals surface area contributed by atoms with Crippen molar-refractivity contribution >= 4 is 34.7 Å². The Morgan fingerprint density at radius 1 is 1.00 bits per heavy atom. The summed E-state index contributed by atoms with van der Waals surface area (Å²) in [6.07, 6.45) is 0.962. The highest BCUT2D eigenvalue weighted by molar-refractivity contribution is 8.07. The lowest BCUT2D eigenvalue weighted by atomic mass is 10.3. The second-order valence-electron chi connectivity index (χ2n) is 6.32. The van der Waals surface area contributed by atoms with Gasteiger partial charge in [-0.1, -0.05) is 72.9 Å². The van der Waals surface area contributed by atoms with Gasteiger partial charge in [0.15, 0.2) is 7.14 Å². The van der Waals surface area contributed by atoms with Crippen molar-refractivity contribution in [3.05, 3.63) is 60.7 Å². The van der Waals surface area contributed by atoms with Crippen molar-refractivity contribution in [3.63, 3.8) is 0 Å². The molecule has 6 heteroatoms. The highest BCUT2D eigenvalue weighted by Gasteiger charge is 2.32. The highest BCUT2D eigenvalue weighted by Crippen LogP contribution is 2.44. The minimum atomic E-state index is -3.00. The van der Waals surface area contributed by atoms with Gasteiger partial charge in [0.2, 0.25) is 0 Å². The third-order valence-corrected chi connectivity index (χ3v) is 8.25. The number of rotatable bonds is 7. The number of hydrogen-bond acceptors (Lipinski definition) is 4. The van der Waals surface area contributed by atoms with E-state index in [0.29, 0.717) is 4.73 Å². The van der Waals surface area contributed by atoms with Crippen molar-refractivity contribution in [2.45, 2.75) is 6.42 Å². The first-order valence-corrected chi connectivity index (χ1v) is 11.1. The molecule has 138 valence electrons. The lowest BCUT2D eigenvalue weighted by Gasteiger charge is -2.27. The van der Waals surface area contributed by atoms with E-state index < -0.39 is 7.14 Å². The maximum Gasteiger partial charge on any atom is 0.196 e. The van der Waals surface area contributed by atoms with Crippen LogP contribution in [0, 0.1) is 0 Å². The van der Waals surface area contributed by atoms with Crippen LogP contribution in [0.2, 0.25) is 0 Å². The van der Waals surface area contributed by atoms with Crippen molar-refractivity contribution in [3.8, 4) is 0 Å². The molecule has 0 aromatic heterocycles. The van der Waals surface area contributed by atoms with Gasteiger partial charge >= 0.3 is 0 Å². The van der Waals surface area contributed by atoms with E-state index in [1.807, 2.05) is 60.7 Å². The first kappa shape index (κ1) is 19.2. The van der Waals surface area contributed by atoms with Crippen LogP contribution in [0.3, 0.4) is 0 Å².